The van der Waals surface area contributed by atoms with Crippen molar-refractivity contribution in [2.45, 2.75) is 32.2 Å². The van der Waals surface area contributed by atoms with Crippen LogP contribution in [0.25, 0.3) is 0 Å². The van der Waals surface area contributed by atoms with Gasteiger partial charge in [0, 0.05) is 17.8 Å². The lowest BCUT2D eigenvalue weighted by Gasteiger charge is -2.37. The highest BCUT2D eigenvalue weighted by atomic mass is 19.1. The van der Waals surface area contributed by atoms with Crippen molar-refractivity contribution >= 4 is 5.69 Å². The Balaban J connectivity index is 2.20. The van der Waals surface area contributed by atoms with Gasteiger partial charge < -0.3 is 10.6 Å². The van der Waals surface area contributed by atoms with Gasteiger partial charge in [-0.3, -0.25) is 0 Å². The van der Waals surface area contributed by atoms with Gasteiger partial charge in [-0.25, -0.2) is 4.39 Å². The van der Waals surface area contributed by atoms with E-state index in [9.17, 15) is 4.39 Å². The summed E-state index contributed by atoms with van der Waals surface area (Å²) in [4.78, 5) is 2.37. The van der Waals surface area contributed by atoms with Gasteiger partial charge in [-0.1, -0.05) is 0 Å². The predicted molar refractivity (Wildman–Crippen MR) is 69.6 cm³/mol. The topological polar surface area (TPSA) is 29.3 Å². The molecule has 1 atom stereocenters. The third-order valence-electron chi connectivity index (χ3n) is 4.05. The number of anilines is 1. The molecule has 1 fully saturated rings. The maximum absolute atomic E-state index is 12.9. The second kappa shape index (κ2) is 4.65. The van der Waals surface area contributed by atoms with Crippen molar-refractivity contribution in [1.82, 2.24) is 0 Å². The summed E-state index contributed by atoms with van der Waals surface area (Å²) in [6, 6.07) is 6.78. The number of nitrogens with zero attached hydrogens (tertiary/aromatic N) is 1. The van der Waals surface area contributed by atoms with Crippen LogP contribution in [0.15, 0.2) is 24.3 Å². The van der Waals surface area contributed by atoms with Crippen LogP contribution in [0.1, 0.15) is 26.7 Å². The number of nitrogens with two attached hydrogens (primary N) is 1. The van der Waals surface area contributed by atoms with Crippen LogP contribution in [-0.2, 0) is 0 Å². The Bertz CT molecular complexity index is 372. The molecule has 1 aromatic rings. The average Bonchev–Trinajstić information content (AvgIpc) is 2.57. The quantitative estimate of drug-likeness (QED) is 0.874. The molecule has 0 aromatic heterocycles. The lowest BCUT2D eigenvalue weighted by Crippen LogP contribution is -2.43. The molecule has 1 saturated heterocycles. The van der Waals surface area contributed by atoms with Gasteiger partial charge in [-0.05, 0) is 63.4 Å². The molecule has 2 rings (SSSR count). The minimum Gasteiger partial charge on any atom is -0.366 e. The molecule has 3 heteroatoms. The van der Waals surface area contributed by atoms with Gasteiger partial charge in [-0.2, -0.15) is 0 Å². The van der Waals surface area contributed by atoms with E-state index in [4.69, 9.17) is 5.73 Å². The zero-order valence-electron chi connectivity index (χ0n) is 10.6. The van der Waals surface area contributed by atoms with Crippen LogP contribution in [0.5, 0.6) is 0 Å². The molecule has 2 nitrogen and oxygen atoms in total. The van der Waals surface area contributed by atoms with Crippen molar-refractivity contribution in [2.75, 3.05) is 18.0 Å². The van der Waals surface area contributed by atoms with Gasteiger partial charge in [0.05, 0.1) is 0 Å². The molecule has 94 valence electrons. The molecule has 0 amide bonds. The number of hydrogen-bond acceptors (Lipinski definition) is 2. The number of rotatable bonds is 3. The summed E-state index contributed by atoms with van der Waals surface area (Å²) in [6.07, 6.45) is 2.23. The number of benzene rings is 1. The third-order valence-corrected chi connectivity index (χ3v) is 4.05. The third kappa shape index (κ3) is 2.29. The average molecular weight is 236 g/mol. The minimum atomic E-state index is -0.177. The van der Waals surface area contributed by atoms with E-state index in [2.05, 4.69) is 18.7 Å². The van der Waals surface area contributed by atoms with Gasteiger partial charge in [0.1, 0.15) is 5.82 Å². The van der Waals surface area contributed by atoms with Gasteiger partial charge >= 0.3 is 0 Å². The summed E-state index contributed by atoms with van der Waals surface area (Å²) < 4.78 is 12.9. The molecule has 1 aromatic carbocycles. The molecular weight excluding hydrogens is 215 g/mol. The van der Waals surface area contributed by atoms with Crippen LogP contribution in [0, 0.1) is 11.7 Å². The highest BCUT2D eigenvalue weighted by Gasteiger charge is 2.40. The van der Waals surface area contributed by atoms with E-state index >= 15 is 0 Å². The first kappa shape index (κ1) is 12.4. The van der Waals surface area contributed by atoms with Gasteiger partial charge in [0.2, 0.25) is 0 Å². The van der Waals surface area contributed by atoms with Crippen molar-refractivity contribution in [3.05, 3.63) is 30.1 Å². The molecule has 0 bridgehead atoms. The summed E-state index contributed by atoms with van der Waals surface area (Å²) in [5.41, 5.74) is 6.88. The van der Waals surface area contributed by atoms with E-state index in [0.29, 0.717) is 5.92 Å². The Kier molecular flexibility index (Phi) is 3.38. The Morgan fingerprint density at radius 3 is 2.59 bits per heavy atom. The molecule has 2 N–H and O–H groups in total. The van der Waals surface area contributed by atoms with E-state index in [-0.39, 0.29) is 11.4 Å². The maximum atomic E-state index is 12.9. The van der Waals surface area contributed by atoms with E-state index in [1.165, 1.54) is 18.6 Å². The Morgan fingerprint density at radius 1 is 1.35 bits per heavy atom. The first-order valence-electron chi connectivity index (χ1n) is 6.29. The summed E-state index contributed by atoms with van der Waals surface area (Å²) >= 11 is 0. The van der Waals surface area contributed by atoms with Crippen molar-refractivity contribution in [3.63, 3.8) is 0 Å². The fourth-order valence-corrected chi connectivity index (χ4v) is 2.93. The SMILES string of the molecule is CC1(C)C(CCN)CCN1c1ccc(F)cc1. The molecule has 0 aliphatic carbocycles. The van der Waals surface area contributed by atoms with E-state index in [0.717, 1.165) is 25.2 Å². The fourth-order valence-electron chi connectivity index (χ4n) is 2.93. The number of halogens is 1. The lowest BCUT2D eigenvalue weighted by atomic mass is 9.85. The molecule has 0 spiro atoms. The van der Waals surface area contributed by atoms with E-state index in [1.807, 2.05) is 12.1 Å². The molecule has 1 aliphatic heterocycles. The standard InChI is InChI=1S/C14H21FN2/c1-14(2)11(7-9-16)8-10-17(14)13-5-3-12(15)4-6-13/h3-6,11H,7-10,16H2,1-2H3. The molecule has 17 heavy (non-hydrogen) atoms. The van der Waals surface area contributed by atoms with E-state index in [1.54, 1.807) is 0 Å². The van der Waals surface area contributed by atoms with Crippen LogP contribution in [-0.4, -0.2) is 18.6 Å². The minimum absolute atomic E-state index is 0.108. The molecular formula is C14H21FN2. The van der Waals surface area contributed by atoms with Gasteiger partial charge in [-0.15, -0.1) is 0 Å². The zero-order valence-corrected chi connectivity index (χ0v) is 10.6. The summed E-state index contributed by atoms with van der Waals surface area (Å²) in [6.45, 7) is 6.28. The highest BCUT2D eigenvalue weighted by molar-refractivity contribution is 5.50. The largest absolute Gasteiger partial charge is 0.366 e. The summed E-state index contributed by atoms with van der Waals surface area (Å²) in [7, 11) is 0. The number of hydrogen-bond donors (Lipinski definition) is 1. The second-order valence-corrected chi connectivity index (χ2v) is 5.34. The van der Waals surface area contributed by atoms with Crippen molar-refractivity contribution in [3.8, 4) is 0 Å². The van der Waals surface area contributed by atoms with Crippen molar-refractivity contribution in [2.24, 2.45) is 11.7 Å². The predicted octanol–water partition coefficient (Wildman–Crippen LogP) is 2.78. The summed E-state index contributed by atoms with van der Waals surface area (Å²) in [5.74, 6) is 0.446. The Morgan fingerprint density at radius 2 is 2.00 bits per heavy atom. The van der Waals surface area contributed by atoms with E-state index < -0.39 is 0 Å². The molecule has 1 aliphatic rings. The first-order valence-corrected chi connectivity index (χ1v) is 6.29. The summed E-state index contributed by atoms with van der Waals surface area (Å²) in [5, 5.41) is 0. The monoisotopic (exact) mass is 236 g/mol. The normalized spacial score (nSPS) is 23.1. The molecule has 0 radical (unpaired) electrons. The lowest BCUT2D eigenvalue weighted by molar-refractivity contribution is 0.348. The van der Waals surface area contributed by atoms with Crippen LogP contribution >= 0.6 is 0 Å². The molecule has 1 unspecified atom stereocenters. The van der Waals surface area contributed by atoms with Crippen LogP contribution in [0.4, 0.5) is 10.1 Å². The fraction of sp³-hybridized carbons (Fsp3) is 0.571. The Hall–Kier alpha value is -1.09. The first-order chi connectivity index (χ1) is 8.05. The maximum Gasteiger partial charge on any atom is 0.123 e. The van der Waals surface area contributed by atoms with Crippen LogP contribution in [0.3, 0.4) is 0 Å². The molecule has 1 heterocycles. The van der Waals surface area contributed by atoms with Crippen LogP contribution in [0.2, 0.25) is 0 Å². The smallest absolute Gasteiger partial charge is 0.123 e. The van der Waals surface area contributed by atoms with Crippen molar-refractivity contribution in [1.29, 1.82) is 0 Å². The van der Waals surface area contributed by atoms with Gasteiger partial charge in [0.25, 0.3) is 0 Å². The Labute approximate surface area is 103 Å². The van der Waals surface area contributed by atoms with Gasteiger partial charge in [0.15, 0.2) is 0 Å². The second-order valence-electron chi connectivity index (χ2n) is 5.34. The molecule has 0 saturated carbocycles. The van der Waals surface area contributed by atoms with Crippen molar-refractivity contribution < 1.29 is 4.39 Å². The highest BCUT2D eigenvalue weighted by Crippen LogP contribution is 2.39. The zero-order chi connectivity index (χ0) is 12.5. The van der Waals surface area contributed by atoms with Crippen LogP contribution < -0.4 is 10.6 Å².